The first-order valence-corrected chi connectivity index (χ1v) is 9.50. The Kier molecular flexibility index (Phi) is 5.77. The lowest BCUT2D eigenvalue weighted by Crippen LogP contribution is -2.54. The molecule has 0 saturated carbocycles. The van der Waals surface area contributed by atoms with Crippen molar-refractivity contribution < 1.29 is 33.0 Å². The number of aliphatic hydroxyl groups is 1. The number of fused-ring (bicyclic) bond motifs is 1. The van der Waals surface area contributed by atoms with Crippen LogP contribution in [-0.2, 0) is 14.3 Å². The Labute approximate surface area is 164 Å². The molecule has 2 aliphatic rings. The number of alkyl halides is 2. The van der Waals surface area contributed by atoms with E-state index in [0.29, 0.717) is 6.42 Å². The Balaban J connectivity index is 2.14. The topological polar surface area (TPSA) is 79.3 Å². The quantitative estimate of drug-likeness (QED) is 0.725. The lowest BCUT2D eigenvalue weighted by molar-refractivity contribution is -0.178. The minimum atomic E-state index is -3.18. The molecule has 0 aromatic carbocycles. The van der Waals surface area contributed by atoms with Crippen LogP contribution in [0.2, 0.25) is 0 Å². The van der Waals surface area contributed by atoms with Gasteiger partial charge in [0.2, 0.25) is 0 Å². The maximum absolute atomic E-state index is 14.8. The number of hydrogen-bond acceptors (Lipinski definition) is 6. The minimum absolute atomic E-state index is 0.225. The van der Waals surface area contributed by atoms with E-state index in [1.807, 2.05) is 0 Å². The summed E-state index contributed by atoms with van der Waals surface area (Å²) in [5, 5.41) is 10.6. The van der Waals surface area contributed by atoms with E-state index in [4.69, 9.17) is 9.47 Å². The maximum Gasteiger partial charge on any atom is 0.410 e. The fourth-order valence-electron chi connectivity index (χ4n) is 3.70. The molecular weight excluding hydrogens is 374 g/mol. The summed E-state index contributed by atoms with van der Waals surface area (Å²) in [5.74, 6) is -4.05. The van der Waals surface area contributed by atoms with Crippen LogP contribution >= 0.6 is 0 Å². The van der Waals surface area contributed by atoms with Crippen molar-refractivity contribution in [2.75, 3.05) is 19.6 Å². The summed E-state index contributed by atoms with van der Waals surface area (Å²) in [4.78, 5) is 27.1. The van der Waals surface area contributed by atoms with Crippen molar-refractivity contribution in [1.82, 2.24) is 9.80 Å². The van der Waals surface area contributed by atoms with Gasteiger partial charge in [0.25, 0.3) is 5.92 Å². The number of amides is 1. The molecule has 0 radical (unpaired) electrons. The molecule has 1 N–H and O–H groups in total. The summed E-state index contributed by atoms with van der Waals surface area (Å²) in [6, 6.07) is -2.02. The third-order valence-corrected chi connectivity index (χ3v) is 4.66. The number of esters is 1. The van der Waals surface area contributed by atoms with Crippen LogP contribution < -0.4 is 0 Å². The summed E-state index contributed by atoms with van der Waals surface area (Å²) >= 11 is 0. The average molecular weight is 406 g/mol. The van der Waals surface area contributed by atoms with Crippen molar-refractivity contribution in [2.45, 2.75) is 89.7 Å². The van der Waals surface area contributed by atoms with E-state index in [1.54, 1.807) is 41.5 Å². The van der Waals surface area contributed by atoms with Gasteiger partial charge in [0.05, 0.1) is 18.6 Å². The second-order valence-corrected chi connectivity index (χ2v) is 9.92. The Morgan fingerprint density at radius 3 is 2.11 bits per heavy atom. The lowest BCUT2D eigenvalue weighted by Gasteiger charge is -2.34. The monoisotopic (exact) mass is 406 g/mol. The van der Waals surface area contributed by atoms with Crippen LogP contribution in [0, 0.1) is 0 Å². The molecule has 2 heterocycles. The van der Waals surface area contributed by atoms with E-state index in [0.717, 1.165) is 4.90 Å². The van der Waals surface area contributed by atoms with E-state index in [1.165, 1.54) is 11.8 Å². The molecule has 1 amide bonds. The smallest absolute Gasteiger partial charge is 0.410 e. The number of halogens is 2. The molecule has 9 heteroatoms. The highest BCUT2D eigenvalue weighted by atomic mass is 19.3. The first kappa shape index (κ1) is 22.8. The maximum atomic E-state index is 14.8. The molecule has 7 nitrogen and oxygen atoms in total. The number of ether oxygens (including phenoxy) is 2. The van der Waals surface area contributed by atoms with Gasteiger partial charge < -0.3 is 14.6 Å². The molecule has 2 aliphatic heterocycles. The van der Waals surface area contributed by atoms with Crippen molar-refractivity contribution in [1.29, 1.82) is 0 Å². The second kappa shape index (κ2) is 7.09. The van der Waals surface area contributed by atoms with Crippen LogP contribution in [0.4, 0.5) is 13.6 Å². The van der Waals surface area contributed by atoms with E-state index < -0.39 is 53.4 Å². The Morgan fingerprint density at radius 1 is 1.07 bits per heavy atom. The average Bonchev–Trinajstić information content (AvgIpc) is 2.95. The predicted octanol–water partition coefficient (Wildman–Crippen LogP) is 2.41. The zero-order chi connectivity index (χ0) is 21.7. The SMILES string of the molecule is CC(C)(C)OC(=O)N1CC(F)(F)[C@H]2[C@@H]1CCN2CC(C)(O)C(=O)OC(C)(C)C. The number of nitrogens with zero attached hydrogens (tertiary/aromatic N) is 2. The number of carbonyl (C=O) groups is 2. The van der Waals surface area contributed by atoms with Crippen LogP contribution in [-0.4, -0.2) is 81.4 Å². The Bertz CT molecular complexity index is 625. The summed E-state index contributed by atoms with van der Waals surface area (Å²) in [6.45, 7) is 10.4. The van der Waals surface area contributed by atoms with Crippen LogP contribution in [0.3, 0.4) is 0 Å². The molecule has 2 fully saturated rings. The fourth-order valence-corrected chi connectivity index (χ4v) is 3.70. The van der Waals surface area contributed by atoms with Crippen LogP contribution in [0.5, 0.6) is 0 Å². The number of carbonyl (C=O) groups excluding carboxylic acids is 2. The van der Waals surface area contributed by atoms with Crippen molar-refractivity contribution in [3.63, 3.8) is 0 Å². The van der Waals surface area contributed by atoms with Crippen molar-refractivity contribution >= 4 is 12.1 Å². The van der Waals surface area contributed by atoms with E-state index in [2.05, 4.69) is 0 Å². The highest BCUT2D eigenvalue weighted by Gasteiger charge is 2.62. The number of likely N-dealkylation sites (tertiary alicyclic amines) is 2. The van der Waals surface area contributed by atoms with Crippen molar-refractivity contribution in [3.8, 4) is 0 Å². The molecule has 162 valence electrons. The number of hydrogen-bond donors (Lipinski definition) is 1. The molecule has 2 saturated heterocycles. The Hall–Kier alpha value is -1.48. The van der Waals surface area contributed by atoms with Gasteiger partial charge in [-0.25, -0.2) is 18.4 Å². The standard InChI is InChI=1S/C19H32F2N2O5/c1-16(2,3)27-14(24)18(7,26)10-22-9-8-12-13(22)19(20,21)11-23(12)15(25)28-17(4,5)6/h12-13,26H,8-11H2,1-7H3/t12-,13+,18?/m0/s1. The molecule has 1 unspecified atom stereocenters. The summed E-state index contributed by atoms with van der Waals surface area (Å²) in [6.07, 6.45) is -0.468. The van der Waals surface area contributed by atoms with Gasteiger partial charge in [-0.2, -0.15) is 0 Å². The Morgan fingerprint density at radius 2 is 1.61 bits per heavy atom. The third kappa shape index (κ3) is 5.11. The largest absolute Gasteiger partial charge is 0.458 e. The third-order valence-electron chi connectivity index (χ3n) is 4.66. The highest BCUT2D eigenvalue weighted by Crippen LogP contribution is 2.42. The van der Waals surface area contributed by atoms with Gasteiger partial charge in [0.1, 0.15) is 11.2 Å². The summed E-state index contributed by atoms with van der Waals surface area (Å²) < 4.78 is 40.0. The molecule has 0 aliphatic carbocycles. The van der Waals surface area contributed by atoms with Crippen LogP contribution in [0.1, 0.15) is 54.9 Å². The minimum Gasteiger partial charge on any atom is -0.458 e. The lowest BCUT2D eigenvalue weighted by atomic mass is 10.0. The molecule has 0 aromatic rings. The van der Waals surface area contributed by atoms with E-state index in [-0.39, 0.29) is 13.1 Å². The van der Waals surface area contributed by atoms with Crippen LogP contribution in [0.25, 0.3) is 0 Å². The number of β-amino-alcohol motifs (C(OH)–C–C–N with tert-alkyl or cyclic N) is 1. The van der Waals surface area contributed by atoms with Gasteiger partial charge in [0, 0.05) is 13.1 Å². The first-order valence-electron chi connectivity index (χ1n) is 9.50. The van der Waals surface area contributed by atoms with Gasteiger partial charge in [0.15, 0.2) is 5.60 Å². The summed E-state index contributed by atoms with van der Waals surface area (Å²) in [5.41, 5.74) is -3.54. The summed E-state index contributed by atoms with van der Waals surface area (Å²) in [7, 11) is 0. The molecule has 28 heavy (non-hydrogen) atoms. The fraction of sp³-hybridized carbons (Fsp3) is 0.895. The first-order chi connectivity index (χ1) is 12.4. The second-order valence-electron chi connectivity index (χ2n) is 9.92. The van der Waals surface area contributed by atoms with Gasteiger partial charge in [-0.3, -0.25) is 9.80 Å². The molecule has 0 bridgehead atoms. The van der Waals surface area contributed by atoms with E-state index in [9.17, 15) is 23.5 Å². The van der Waals surface area contributed by atoms with Crippen LogP contribution in [0.15, 0.2) is 0 Å². The van der Waals surface area contributed by atoms with Crippen molar-refractivity contribution in [2.24, 2.45) is 0 Å². The highest BCUT2D eigenvalue weighted by molar-refractivity contribution is 5.79. The number of rotatable bonds is 3. The predicted molar refractivity (Wildman–Crippen MR) is 98.1 cm³/mol. The molecule has 3 atom stereocenters. The van der Waals surface area contributed by atoms with Gasteiger partial charge in [-0.15, -0.1) is 0 Å². The van der Waals surface area contributed by atoms with Crippen molar-refractivity contribution in [3.05, 3.63) is 0 Å². The zero-order valence-corrected chi connectivity index (χ0v) is 17.7. The molecule has 0 aromatic heterocycles. The van der Waals surface area contributed by atoms with Gasteiger partial charge >= 0.3 is 12.1 Å². The van der Waals surface area contributed by atoms with E-state index >= 15 is 0 Å². The molecular formula is C19H32F2N2O5. The molecule has 2 rings (SSSR count). The normalized spacial score (nSPS) is 27.3. The zero-order valence-electron chi connectivity index (χ0n) is 17.7. The molecule has 0 spiro atoms. The van der Waals surface area contributed by atoms with Gasteiger partial charge in [-0.05, 0) is 54.9 Å². The van der Waals surface area contributed by atoms with Gasteiger partial charge in [-0.1, -0.05) is 0 Å².